The van der Waals surface area contributed by atoms with E-state index in [1.807, 2.05) is 0 Å². The first kappa shape index (κ1) is 14.8. The van der Waals surface area contributed by atoms with Crippen molar-refractivity contribution in [1.82, 2.24) is 0 Å². The molecule has 15 heavy (non-hydrogen) atoms. The van der Waals surface area contributed by atoms with Crippen LogP contribution in [0.1, 0.15) is 18.0 Å². The van der Waals surface area contributed by atoms with E-state index in [1.165, 1.54) is 0 Å². The highest BCUT2D eigenvalue weighted by molar-refractivity contribution is 9.10. The second-order valence-electron chi connectivity index (χ2n) is 2.92. The zero-order valence-corrected chi connectivity index (χ0v) is 11.1. The first-order chi connectivity index (χ1) is 6.57. The molecule has 1 atom stereocenters. The monoisotopic (exact) mass is 311 g/mol. The maximum atomic E-state index is 9.73. The lowest BCUT2D eigenvalue weighted by Crippen LogP contribution is -2.10. The Bertz CT molecular complexity index is 358. The standard InChI is InChI=1S/C10H11BrClNO.ClH/c1-2-3-8(13)9-7(12)5-4-6(11)10(9)14;/h2,4-5,8,14H,1,3,13H2;1H/t8-;/m1./s1. The zero-order valence-electron chi connectivity index (χ0n) is 7.91. The van der Waals surface area contributed by atoms with Gasteiger partial charge in [-0.3, -0.25) is 0 Å². The number of halogens is 3. The summed E-state index contributed by atoms with van der Waals surface area (Å²) >= 11 is 9.15. The minimum Gasteiger partial charge on any atom is -0.506 e. The third-order valence-corrected chi connectivity index (χ3v) is 2.88. The molecule has 0 aliphatic heterocycles. The fraction of sp³-hybridized carbons (Fsp3) is 0.200. The van der Waals surface area contributed by atoms with Gasteiger partial charge in [0.05, 0.1) is 4.47 Å². The van der Waals surface area contributed by atoms with Crippen LogP contribution in [-0.4, -0.2) is 5.11 Å². The van der Waals surface area contributed by atoms with Gasteiger partial charge >= 0.3 is 0 Å². The molecular formula is C10H12BrCl2NO. The molecule has 2 nitrogen and oxygen atoms in total. The molecule has 0 radical (unpaired) electrons. The molecule has 5 heteroatoms. The van der Waals surface area contributed by atoms with Crippen molar-refractivity contribution in [3.8, 4) is 5.75 Å². The SMILES string of the molecule is C=CC[C@@H](N)c1c(Cl)ccc(Br)c1O.Cl. The number of nitrogens with two attached hydrogens (primary N) is 1. The zero-order chi connectivity index (χ0) is 10.7. The number of phenols is 1. The smallest absolute Gasteiger partial charge is 0.136 e. The highest BCUT2D eigenvalue weighted by Crippen LogP contribution is 2.37. The first-order valence-electron chi connectivity index (χ1n) is 4.11. The highest BCUT2D eigenvalue weighted by atomic mass is 79.9. The van der Waals surface area contributed by atoms with Crippen LogP contribution < -0.4 is 5.73 Å². The summed E-state index contributed by atoms with van der Waals surface area (Å²) in [5, 5.41) is 10.2. The topological polar surface area (TPSA) is 46.2 Å². The fourth-order valence-electron chi connectivity index (χ4n) is 1.21. The number of aromatic hydroxyl groups is 1. The maximum Gasteiger partial charge on any atom is 0.136 e. The predicted octanol–water partition coefficient (Wildman–Crippen LogP) is 3.81. The molecule has 0 heterocycles. The lowest BCUT2D eigenvalue weighted by molar-refractivity contribution is 0.458. The van der Waals surface area contributed by atoms with Crippen molar-refractivity contribution in [2.75, 3.05) is 0 Å². The summed E-state index contributed by atoms with van der Waals surface area (Å²) in [5.41, 5.74) is 6.40. The molecule has 1 aromatic carbocycles. The lowest BCUT2D eigenvalue weighted by Gasteiger charge is -2.14. The first-order valence-corrected chi connectivity index (χ1v) is 5.28. The Balaban J connectivity index is 0.00000196. The molecule has 3 N–H and O–H groups in total. The van der Waals surface area contributed by atoms with E-state index in [1.54, 1.807) is 18.2 Å². The Kier molecular flexibility index (Phi) is 6.29. The summed E-state index contributed by atoms with van der Waals surface area (Å²) in [6.07, 6.45) is 2.27. The second-order valence-corrected chi connectivity index (χ2v) is 4.18. The van der Waals surface area contributed by atoms with E-state index in [0.29, 0.717) is 21.5 Å². The van der Waals surface area contributed by atoms with Gasteiger partial charge in [0.25, 0.3) is 0 Å². The van der Waals surface area contributed by atoms with Crippen LogP contribution in [0.4, 0.5) is 0 Å². The predicted molar refractivity (Wildman–Crippen MR) is 69.8 cm³/mol. The normalized spacial score (nSPS) is 11.7. The third kappa shape index (κ3) is 3.38. The summed E-state index contributed by atoms with van der Waals surface area (Å²) in [5.74, 6) is 0.104. The van der Waals surface area contributed by atoms with Crippen LogP contribution in [0.25, 0.3) is 0 Å². The van der Waals surface area contributed by atoms with E-state index in [2.05, 4.69) is 22.5 Å². The number of rotatable bonds is 3. The quantitative estimate of drug-likeness (QED) is 0.834. The molecule has 84 valence electrons. The number of hydrogen-bond donors (Lipinski definition) is 2. The van der Waals surface area contributed by atoms with Gasteiger partial charge in [-0.1, -0.05) is 17.7 Å². The third-order valence-electron chi connectivity index (χ3n) is 1.91. The second kappa shape index (κ2) is 6.38. The Morgan fingerprint density at radius 1 is 1.60 bits per heavy atom. The largest absolute Gasteiger partial charge is 0.506 e. The van der Waals surface area contributed by atoms with Crippen LogP contribution in [0.5, 0.6) is 5.75 Å². The van der Waals surface area contributed by atoms with Crippen LogP contribution in [0.15, 0.2) is 29.3 Å². The minimum atomic E-state index is -0.322. The van der Waals surface area contributed by atoms with Gasteiger partial charge in [0.15, 0.2) is 0 Å². The average Bonchev–Trinajstić information content (AvgIpc) is 2.13. The summed E-state index contributed by atoms with van der Waals surface area (Å²) < 4.78 is 0.594. The molecule has 0 amide bonds. The minimum absolute atomic E-state index is 0. The molecule has 0 bridgehead atoms. The van der Waals surface area contributed by atoms with E-state index in [4.69, 9.17) is 17.3 Å². The van der Waals surface area contributed by atoms with Crippen LogP contribution >= 0.6 is 39.9 Å². The van der Waals surface area contributed by atoms with Gasteiger partial charge in [-0.2, -0.15) is 0 Å². The van der Waals surface area contributed by atoms with E-state index in [-0.39, 0.29) is 24.2 Å². The van der Waals surface area contributed by atoms with Crippen LogP contribution in [0, 0.1) is 0 Å². The Morgan fingerprint density at radius 2 is 2.20 bits per heavy atom. The summed E-state index contributed by atoms with van der Waals surface area (Å²) in [4.78, 5) is 0. The van der Waals surface area contributed by atoms with E-state index < -0.39 is 0 Å². The molecule has 1 aromatic rings. The maximum absolute atomic E-state index is 9.73. The Labute approximate surface area is 109 Å². The van der Waals surface area contributed by atoms with Crippen molar-refractivity contribution >= 4 is 39.9 Å². The summed E-state index contributed by atoms with van der Waals surface area (Å²) in [6, 6.07) is 3.06. The average molecular weight is 313 g/mol. The van der Waals surface area contributed by atoms with E-state index in [0.717, 1.165) is 0 Å². The molecule has 0 aliphatic carbocycles. The van der Waals surface area contributed by atoms with Crippen LogP contribution in [0.2, 0.25) is 5.02 Å². The van der Waals surface area contributed by atoms with Crippen molar-refractivity contribution in [3.63, 3.8) is 0 Å². The van der Waals surface area contributed by atoms with Crippen molar-refractivity contribution in [1.29, 1.82) is 0 Å². The summed E-state index contributed by atoms with van der Waals surface area (Å²) in [7, 11) is 0. The van der Waals surface area contributed by atoms with Gasteiger partial charge in [0.1, 0.15) is 5.75 Å². The Hall–Kier alpha value is -0.220. The Morgan fingerprint density at radius 3 is 2.73 bits per heavy atom. The van der Waals surface area contributed by atoms with Crippen LogP contribution in [-0.2, 0) is 0 Å². The van der Waals surface area contributed by atoms with Crippen molar-refractivity contribution in [2.45, 2.75) is 12.5 Å². The molecule has 0 spiro atoms. The number of hydrogen-bond acceptors (Lipinski definition) is 2. The van der Waals surface area contributed by atoms with Gasteiger partial charge in [-0.25, -0.2) is 0 Å². The van der Waals surface area contributed by atoms with Gasteiger partial charge in [0.2, 0.25) is 0 Å². The van der Waals surface area contributed by atoms with Gasteiger partial charge < -0.3 is 10.8 Å². The number of phenolic OH excluding ortho intramolecular Hbond substituents is 1. The van der Waals surface area contributed by atoms with Gasteiger partial charge in [-0.15, -0.1) is 19.0 Å². The van der Waals surface area contributed by atoms with Gasteiger partial charge in [0, 0.05) is 16.6 Å². The van der Waals surface area contributed by atoms with Gasteiger partial charge in [-0.05, 0) is 34.5 Å². The molecule has 0 saturated heterocycles. The molecule has 0 saturated carbocycles. The molecule has 1 rings (SSSR count). The highest BCUT2D eigenvalue weighted by Gasteiger charge is 2.15. The van der Waals surface area contributed by atoms with Crippen molar-refractivity contribution in [2.24, 2.45) is 5.73 Å². The van der Waals surface area contributed by atoms with Crippen LogP contribution in [0.3, 0.4) is 0 Å². The van der Waals surface area contributed by atoms with Crippen molar-refractivity contribution in [3.05, 3.63) is 39.8 Å². The van der Waals surface area contributed by atoms with E-state index in [9.17, 15) is 5.11 Å². The summed E-state index contributed by atoms with van der Waals surface area (Å²) in [6.45, 7) is 3.59. The molecule has 0 unspecified atom stereocenters. The molecule has 0 aromatic heterocycles. The fourth-order valence-corrected chi connectivity index (χ4v) is 1.85. The number of benzene rings is 1. The lowest BCUT2D eigenvalue weighted by atomic mass is 10.0. The molecular weight excluding hydrogens is 301 g/mol. The van der Waals surface area contributed by atoms with E-state index >= 15 is 0 Å². The molecule has 0 aliphatic rings. The molecule has 0 fully saturated rings. The van der Waals surface area contributed by atoms with Crippen molar-refractivity contribution < 1.29 is 5.11 Å².